The largest absolute Gasteiger partial charge is 0.478 e. The maximum absolute atomic E-state index is 11.9. The van der Waals surface area contributed by atoms with Crippen molar-refractivity contribution in [2.75, 3.05) is 5.32 Å². The molecule has 0 bridgehead atoms. The predicted octanol–water partition coefficient (Wildman–Crippen LogP) is 2.70. The van der Waals surface area contributed by atoms with E-state index in [1.54, 1.807) is 13.0 Å². The highest BCUT2D eigenvalue weighted by Gasteiger charge is 2.16. The number of benzene rings is 1. The summed E-state index contributed by atoms with van der Waals surface area (Å²) < 4.78 is 5.44. The number of nitrogens with zero attached hydrogens (tertiary/aromatic N) is 1. The maximum Gasteiger partial charge on any atom is 0.337 e. The summed E-state index contributed by atoms with van der Waals surface area (Å²) in [5.74, 6) is -1.16. The van der Waals surface area contributed by atoms with Gasteiger partial charge in [0.1, 0.15) is 5.76 Å². The molecule has 0 atom stereocenters. The number of hydrogen-bond acceptors (Lipinski definition) is 4. The van der Waals surface area contributed by atoms with Crippen LogP contribution in [0.1, 0.15) is 26.6 Å². The van der Waals surface area contributed by atoms with Gasteiger partial charge in [-0.3, -0.25) is 4.79 Å². The number of aryl methyl sites for hydroxylation is 1. The molecule has 1 amide bonds. The van der Waals surface area contributed by atoms with E-state index in [4.69, 9.17) is 9.63 Å². The highest BCUT2D eigenvalue weighted by Crippen LogP contribution is 2.22. The van der Waals surface area contributed by atoms with Crippen molar-refractivity contribution in [3.8, 4) is 0 Å². The van der Waals surface area contributed by atoms with Crippen molar-refractivity contribution in [1.82, 2.24) is 5.16 Å². The van der Waals surface area contributed by atoms with Crippen molar-refractivity contribution < 1.29 is 19.2 Å². The zero-order valence-corrected chi connectivity index (χ0v) is 11.4. The van der Waals surface area contributed by atoms with Crippen LogP contribution in [0.3, 0.4) is 0 Å². The summed E-state index contributed by atoms with van der Waals surface area (Å²) in [4.78, 5) is 22.9. The van der Waals surface area contributed by atoms with Gasteiger partial charge in [0.2, 0.25) is 0 Å². The molecule has 2 N–H and O–H groups in total. The second-order valence-corrected chi connectivity index (χ2v) is 4.69. The van der Waals surface area contributed by atoms with Gasteiger partial charge in [0.05, 0.1) is 11.3 Å². The Hall–Kier alpha value is -2.15. The molecule has 0 aliphatic heterocycles. The standard InChI is InChI=1S/C12H9BrN2O4/c1-6-4-10(15-19-6)11(16)14-9-5-7(13)2-3-8(9)12(17)18/h2-5H,1H3,(H,14,16)(H,17,18). The first-order valence-electron chi connectivity index (χ1n) is 5.25. The molecule has 1 aromatic carbocycles. The van der Waals surface area contributed by atoms with Gasteiger partial charge in [-0.2, -0.15) is 0 Å². The van der Waals surface area contributed by atoms with Crippen LogP contribution in [0.5, 0.6) is 0 Å². The lowest BCUT2D eigenvalue weighted by Crippen LogP contribution is -2.15. The Balaban J connectivity index is 2.30. The Morgan fingerprint density at radius 1 is 1.37 bits per heavy atom. The van der Waals surface area contributed by atoms with Crippen LogP contribution in [0.2, 0.25) is 0 Å². The lowest BCUT2D eigenvalue weighted by molar-refractivity contribution is 0.0698. The van der Waals surface area contributed by atoms with Gasteiger partial charge in [-0.15, -0.1) is 0 Å². The highest BCUT2D eigenvalue weighted by atomic mass is 79.9. The molecule has 98 valence electrons. The van der Waals surface area contributed by atoms with Crippen LogP contribution < -0.4 is 5.32 Å². The lowest BCUT2D eigenvalue weighted by atomic mass is 10.1. The average Bonchev–Trinajstić information content (AvgIpc) is 2.75. The molecule has 0 aliphatic carbocycles. The number of nitrogens with one attached hydrogen (secondary N) is 1. The van der Waals surface area contributed by atoms with Gasteiger partial charge < -0.3 is 14.9 Å². The first-order valence-corrected chi connectivity index (χ1v) is 6.04. The van der Waals surface area contributed by atoms with Crippen molar-refractivity contribution in [1.29, 1.82) is 0 Å². The number of aromatic nitrogens is 1. The van der Waals surface area contributed by atoms with Crippen LogP contribution in [0.4, 0.5) is 5.69 Å². The predicted molar refractivity (Wildman–Crippen MR) is 70.3 cm³/mol. The number of aromatic carboxylic acids is 1. The number of carboxylic acid groups (broad SMARTS) is 1. The van der Waals surface area contributed by atoms with Gasteiger partial charge in [-0.05, 0) is 25.1 Å². The number of carboxylic acids is 1. The molecule has 2 aromatic rings. The van der Waals surface area contributed by atoms with Gasteiger partial charge in [0.15, 0.2) is 5.69 Å². The Bertz CT molecular complexity index is 651. The third-order valence-electron chi connectivity index (χ3n) is 2.32. The number of carbonyl (C=O) groups excluding carboxylic acids is 1. The van der Waals surface area contributed by atoms with Gasteiger partial charge >= 0.3 is 5.97 Å². The molecule has 6 nitrogen and oxygen atoms in total. The second kappa shape index (κ2) is 5.23. The summed E-state index contributed by atoms with van der Waals surface area (Å²) in [5.41, 5.74) is 0.276. The normalized spacial score (nSPS) is 10.2. The van der Waals surface area contributed by atoms with E-state index in [1.807, 2.05) is 0 Å². The number of amides is 1. The molecule has 0 radical (unpaired) electrons. The molecule has 0 unspecified atom stereocenters. The fraction of sp³-hybridized carbons (Fsp3) is 0.0833. The van der Waals surface area contributed by atoms with Crippen molar-refractivity contribution in [3.05, 3.63) is 45.8 Å². The fourth-order valence-electron chi connectivity index (χ4n) is 1.47. The van der Waals surface area contributed by atoms with E-state index in [-0.39, 0.29) is 16.9 Å². The minimum Gasteiger partial charge on any atom is -0.478 e. The molecular formula is C12H9BrN2O4. The Labute approximate surface area is 116 Å². The molecule has 0 aliphatic rings. The summed E-state index contributed by atoms with van der Waals surface area (Å²) in [5, 5.41) is 15.1. The molecule has 19 heavy (non-hydrogen) atoms. The summed E-state index contributed by atoms with van der Waals surface area (Å²) in [6.07, 6.45) is 0. The van der Waals surface area contributed by atoms with E-state index < -0.39 is 11.9 Å². The zero-order valence-electron chi connectivity index (χ0n) is 9.81. The van der Waals surface area contributed by atoms with E-state index in [2.05, 4.69) is 26.4 Å². The fourth-order valence-corrected chi connectivity index (χ4v) is 1.83. The quantitative estimate of drug-likeness (QED) is 0.905. The molecule has 0 saturated carbocycles. The summed E-state index contributed by atoms with van der Waals surface area (Å²) in [6, 6.07) is 5.96. The van der Waals surface area contributed by atoms with Crippen LogP contribution >= 0.6 is 15.9 Å². The molecular weight excluding hydrogens is 316 g/mol. The Morgan fingerprint density at radius 2 is 2.11 bits per heavy atom. The van der Waals surface area contributed by atoms with E-state index in [0.29, 0.717) is 10.2 Å². The van der Waals surface area contributed by atoms with E-state index >= 15 is 0 Å². The van der Waals surface area contributed by atoms with Crippen molar-refractivity contribution in [2.45, 2.75) is 6.92 Å². The third-order valence-corrected chi connectivity index (χ3v) is 2.81. The molecule has 1 heterocycles. The minimum atomic E-state index is -1.13. The first-order chi connectivity index (χ1) is 8.97. The summed E-state index contributed by atoms with van der Waals surface area (Å²) in [6.45, 7) is 1.66. The zero-order chi connectivity index (χ0) is 14.0. The molecule has 2 rings (SSSR count). The smallest absolute Gasteiger partial charge is 0.337 e. The van der Waals surface area contributed by atoms with Gasteiger partial charge in [-0.25, -0.2) is 4.79 Å². The van der Waals surface area contributed by atoms with E-state index in [9.17, 15) is 9.59 Å². The van der Waals surface area contributed by atoms with Gasteiger partial charge in [-0.1, -0.05) is 21.1 Å². The molecule has 0 spiro atoms. The SMILES string of the molecule is Cc1cc(C(=O)Nc2cc(Br)ccc2C(=O)O)no1. The number of halogens is 1. The monoisotopic (exact) mass is 324 g/mol. The van der Waals surface area contributed by atoms with Crippen LogP contribution in [0.25, 0.3) is 0 Å². The number of rotatable bonds is 3. The van der Waals surface area contributed by atoms with Crippen LogP contribution in [-0.4, -0.2) is 22.1 Å². The lowest BCUT2D eigenvalue weighted by Gasteiger charge is -2.07. The van der Waals surface area contributed by atoms with Gasteiger partial charge in [0, 0.05) is 10.5 Å². The van der Waals surface area contributed by atoms with E-state index in [1.165, 1.54) is 18.2 Å². The Morgan fingerprint density at radius 3 is 2.68 bits per heavy atom. The van der Waals surface area contributed by atoms with Crippen molar-refractivity contribution >= 4 is 33.5 Å². The average molecular weight is 325 g/mol. The molecule has 0 saturated heterocycles. The summed E-state index contributed by atoms with van der Waals surface area (Å²) in [7, 11) is 0. The third kappa shape index (κ3) is 3.00. The second-order valence-electron chi connectivity index (χ2n) is 3.77. The molecule has 1 aromatic heterocycles. The maximum atomic E-state index is 11.9. The van der Waals surface area contributed by atoms with Gasteiger partial charge in [0.25, 0.3) is 5.91 Å². The number of hydrogen-bond donors (Lipinski definition) is 2. The van der Waals surface area contributed by atoms with Crippen molar-refractivity contribution in [2.24, 2.45) is 0 Å². The Kier molecular flexibility index (Phi) is 3.66. The number of anilines is 1. The molecule has 0 fully saturated rings. The van der Waals surface area contributed by atoms with E-state index in [0.717, 1.165) is 0 Å². The summed E-state index contributed by atoms with van der Waals surface area (Å²) >= 11 is 3.22. The molecule has 7 heteroatoms. The topological polar surface area (TPSA) is 92.4 Å². The number of carbonyl (C=O) groups is 2. The first kappa shape index (κ1) is 13.3. The minimum absolute atomic E-state index is 0.00299. The van der Waals surface area contributed by atoms with Crippen LogP contribution in [0.15, 0.2) is 33.3 Å². The van der Waals surface area contributed by atoms with Crippen LogP contribution in [-0.2, 0) is 0 Å². The van der Waals surface area contributed by atoms with Crippen molar-refractivity contribution in [3.63, 3.8) is 0 Å². The van der Waals surface area contributed by atoms with Crippen LogP contribution in [0, 0.1) is 6.92 Å². The highest BCUT2D eigenvalue weighted by molar-refractivity contribution is 9.10.